The highest BCUT2D eigenvalue weighted by Crippen LogP contribution is 2.11. The van der Waals surface area contributed by atoms with Crippen molar-refractivity contribution in [1.29, 1.82) is 0 Å². The highest BCUT2D eigenvalue weighted by Gasteiger charge is 2.05. The fraction of sp³-hybridized carbons (Fsp3) is 0.214. The van der Waals surface area contributed by atoms with Gasteiger partial charge in [0.2, 0.25) is 5.43 Å². The van der Waals surface area contributed by atoms with Crippen LogP contribution in [0.15, 0.2) is 41.3 Å². The normalized spacial score (nSPS) is 10.5. The van der Waals surface area contributed by atoms with E-state index in [1.54, 1.807) is 29.9 Å². The lowest BCUT2D eigenvalue weighted by molar-refractivity contribution is 0.300. The second-order valence-corrected chi connectivity index (χ2v) is 4.42. The Hall–Kier alpha value is -1.81. The molecule has 0 N–H and O–H groups in total. The zero-order valence-corrected chi connectivity index (χ0v) is 11.2. The summed E-state index contributed by atoms with van der Waals surface area (Å²) in [7, 11) is 1.78. The molecule has 1 heterocycles. The van der Waals surface area contributed by atoms with E-state index in [-0.39, 0.29) is 29.5 Å². The number of hydrogen-bond donors (Lipinski definition) is 0. The number of nitrogens with zero attached hydrogens (tertiary/aromatic N) is 1. The molecule has 2 rings (SSSR count). The Bertz CT molecular complexity index is 640. The van der Waals surface area contributed by atoms with Gasteiger partial charge in [0.05, 0.1) is 12.1 Å². The molecule has 100 valence electrons. The summed E-state index contributed by atoms with van der Waals surface area (Å²) in [5.41, 5.74) is 1.15. The summed E-state index contributed by atoms with van der Waals surface area (Å²) in [5.74, 6) is 0.155. The van der Waals surface area contributed by atoms with E-state index >= 15 is 0 Å². The van der Waals surface area contributed by atoms with Crippen LogP contribution in [0.4, 0.5) is 4.39 Å². The van der Waals surface area contributed by atoms with E-state index in [4.69, 9.17) is 16.3 Å². The molecule has 0 unspecified atom stereocenters. The van der Waals surface area contributed by atoms with Crippen LogP contribution in [0.1, 0.15) is 11.3 Å². The molecule has 0 saturated heterocycles. The van der Waals surface area contributed by atoms with Gasteiger partial charge in [-0.05, 0) is 17.7 Å². The lowest BCUT2D eigenvalue weighted by atomic mass is 10.2. The van der Waals surface area contributed by atoms with Gasteiger partial charge in [-0.15, -0.1) is 11.6 Å². The van der Waals surface area contributed by atoms with Gasteiger partial charge < -0.3 is 9.30 Å². The summed E-state index contributed by atoms with van der Waals surface area (Å²) >= 11 is 5.70. The van der Waals surface area contributed by atoms with E-state index in [0.717, 1.165) is 0 Å². The number of rotatable bonds is 4. The monoisotopic (exact) mass is 281 g/mol. The van der Waals surface area contributed by atoms with Gasteiger partial charge in [0.15, 0.2) is 5.75 Å². The number of halogens is 2. The van der Waals surface area contributed by atoms with Crippen LogP contribution in [0.5, 0.6) is 5.75 Å². The predicted octanol–water partition coefficient (Wildman–Crippen LogP) is 2.84. The van der Waals surface area contributed by atoms with Crippen LogP contribution in [0.25, 0.3) is 0 Å². The third-order valence-corrected chi connectivity index (χ3v) is 3.00. The van der Waals surface area contributed by atoms with Gasteiger partial charge in [-0.1, -0.05) is 12.1 Å². The van der Waals surface area contributed by atoms with Crippen LogP contribution >= 0.6 is 11.6 Å². The first-order valence-electron chi connectivity index (χ1n) is 5.73. The van der Waals surface area contributed by atoms with Crippen molar-refractivity contribution in [1.82, 2.24) is 4.57 Å². The lowest BCUT2D eigenvalue weighted by Gasteiger charge is -2.10. The molecule has 5 heteroatoms. The first-order chi connectivity index (χ1) is 9.10. The molecule has 19 heavy (non-hydrogen) atoms. The minimum Gasteiger partial charge on any atom is -0.483 e. The highest BCUT2D eigenvalue weighted by molar-refractivity contribution is 6.16. The predicted molar refractivity (Wildman–Crippen MR) is 72.0 cm³/mol. The summed E-state index contributed by atoms with van der Waals surface area (Å²) in [4.78, 5) is 11.8. The largest absolute Gasteiger partial charge is 0.483 e. The molecule has 3 nitrogen and oxygen atoms in total. The third-order valence-electron chi connectivity index (χ3n) is 2.72. The Labute approximate surface area is 115 Å². The third kappa shape index (κ3) is 3.35. The SMILES string of the molecule is Cn1cc(OCc2cccc(F)c2)c(=O)cc1CCl. The van der Waals surface area contributed by atoms with Crippen molar-refractivity contribution in [2.45, 2.75) is 12.5 Å². The maximum Gasteiger partial charge on any atom is 0.223 e. The second kappa shape index (κ2) is 5.89. The number of pyridine rings is 1. The van der Waals surface area contributed by atoms with Gasteiger partial charge in [-0.25, -0.2) is 4.39 Å². The van der Waals surface area contributed by atoms with E-state index in [1.165, 1.54) is 18.2 Å². The molecule has 0 aliphatic carbocycles. The molecule has 0 saturated carbocycles. The van der Waals surface area contributed by atoms with Crippen molar-refractivity contribution in [3.8, 4) is 5.75 Å². The van der Waals surface area contributed by atoms with E-state index in [1.807, 2.05) is 0 Å². The molecule has 0 fully saturated rings. The number of aromatic nitrogens is 1. The molecular weight excluding hydrogens is 269 g/mol. The fourth-order valence-corrected chi connectivity index (χ4v) is 1.94. The Balaban J connectivity index is 2.16. The van der Waals surface area contributed by atoms with Gasteiger partial charge in [-0.2, -0.15) is 0 Å². The summed E-state index contributed by atoms with van der Waals surface area (Å²) in [6.07, 6.45) is 1.58. The quantitative estimate of drug-likeness (QED) is 0.807. The van der Waals surface area contributed by atoms with Crippen LogP contribution in [0.3, 0.4) is 0 Å². The molecule has 0 aliphatic heterocycles. The molecule has 0 spiro atoms. The zero-order valence-electron chi connectivity index (χ0n) is 10.4. The van der Waals surface area contributed by atoms with Crippen molar-refractivity contribution in [2.24, 2.45) is 7.05 Å². The minimum absolute atomic E-state index is 0.146. The van der Waals surface area contributed by atoms with Crippen molar-refractivity contribution < 1.29 is 9.13 Å². The van der Waals surface area contributed by atoms with Crippen LogP contribution in [0, 0.1) is 5.82 Å². The molecule has 1 aromatic carbocycles. The van der Waals surface area contributed by atoms with Crippen LogP contribution < -0.4 is 10.2 Å². The first-order valence-corrected chi connectivity index (χ1v) is 6.26. The standard InChI is InChI=1S/C14H13ClFNO2/c1-17-8-14(13(18)6-12(17)7-15)19-9-10-3-2-4-11(16)5-10/h2-6,8H,7,9H2,1H3. The maximum absolute atomic E-state index is 13.0. The number of aryl methyl sites for hydroxylation is 1. The molecule has 0 bridgehead atoms. The van der Waals surface area contributed by atoms with E-state index in [0.29, 0.717) is 11.3 Å². The topological polar surface area (TPSA) is 31.2 Å². The van der Waals surface area contributed by atoms with Gasteiger partial charge in [0, 0.05) is 18.8 Å². The summed E-state index contributed by atoms with van der Waals surface area (Å²) in [6.45, 7) is 0.146. The highest BCUT2D eigenvalue weighted by atomic mass is 35.5. The average molecular weight is 282 g/mol. The smallest absolute Gasteiger partial charge is 0.223 e. The van der Waals surface area contributed by atoms with Crippen molar-refractivity contribution >= 4 is 11.6 Å². The Morgan fingerprint density at radius 2 is 2.16 bits per heavy atom. The van der Waals surface area contributed by atoms with E-state index in [2.05, 4.69) is 0 Å². The number of ether oxygens (including phenoxy) is 1. The molecule has 0 radical (unpaired) electrons. The average Bonchev–Trinajstić information content (AvgIpc) is 2.39. The van der Waals surface area contributed by atoms with Gasteiger partial charge >= 0.3 is 0 Å². The van der Waals surface area contributed by atoms with Crippen molar-refractivity contribution in [2.75, 3.05) is 0 Å². The molecule has 0 aliphatic rings. The van der Waals surface area contributed by atoms with Crippen molar-refractivity contribution in [3.63, 3.8) is 0 Å². The number of alkyl halides is 1. The molecule has 0 atom stereocenters. The summed E-state index contributed by atoms with van der Waals surface area (Å²) in [5, 5.41) is 0. The Kier molecular flexibility index (Phi) is 4.22. The van der Waals surface area contributed by atoms with Gasteiger partial charge in [-0.3, -0.25) is 4.79 Å². The Morgan fingerprint density at radius 3 is 2.84 bits per heavy atom. The van der Waals surface area contributed by atoms with E-state index < -0.39 is 0 Å². The van der Waals surface area contributed by atoms with Gasteiger partial charge in [0.1, 0.15) is 12.4 Å². The fourth-order valence-electron chi connectivity index (χ4n) is 1.68. The lowest BCUT2D eigenvalue weighted by Crippen LogP contribution is -2.13. The minimum atomic E-state index is -0.327. The molecule has 2 aromatic rings. The summed E-state index contributed by atoms with van der Waals surface area (Å²) in [6, 6.07) is 7.51. The van der Waals surface area contributed by atoms with Crippen LogP contribution in [0.2, 0.25) is 0 Å². The molecular formula is C14H13ClFNO2. The van der Waals surface area contributed by atoms with Crippen LogP contribution in [-0.2, 0) is 19.5 Å². The number of hydrogen-bond acceptors (Lipinski definition) is 2. The molecule has 0 amide bonds. The van der Waals surface area contributed by atoms with Crippen molar-refractivity contribution in [3.05, 3.63) is 63.8 Å². The van der Waals surface area contributed by atoms with E-state index in [9.17, 15) is 9.18 Å². The first kappa shape index (κ1) is 13.6. The summed E-state index contributed by atoms with van der Waals surface area (Å²) < 4.78 is 20.1. The maximum atomic E-state index is 13.0. The van der Waals surface area contributed by atoms with Gasteiger partial charge in [0.25, 0.3) is 0 Å². The second-order valence-electron chi connectivity index (χ2n) is 4.16. The van der Waals surface area contributed by atoms with Crippen LogP contribution in [-0.4, -0.2) is 4.57 Å². The molecule has 1 aromatic heterocycles. The number of benzene rings is 1. The zero-order chi connectivity index (χ0) is 13.8. The Morgan fingerprint density at radius 1 is 1.37 bits per heavy atom.